The largest absolute Gasteiger partial charge is 0.379 e. The molecular weight excluding hydrogens is 357 g/mol. The normalized spacial score (nSPS) is 27.7. The van der Waals surface area contributed by atoms with Crippen LogP contribution in [0.4, 0.5) is 57.1 Å². The molecule has 1 rings (SSSR count). The second-order valence-electron chi connectivity index (χ2n) is 4.38. The van der Waals surface area contributed by atoms with Crippen LogP contribution in [-0.2, 0) is 0 Å². The smallest absolute Gasteiger partial charge is 0.244 e. The van der Waals surface area contributed by atoms with Crippen LogP contribution in [0.3, 0.4) is 0 Å². The van der Waals surface area contributed by atoms with Crippen LogP contribution in [-0.4, -0.2) is 47.5 Å². The zero-order valence-electron chi connectivity index (χ0n) is 9.77. The van der Waals surface area contributed by atoms with Gasteiger partial charge in [0.25, 0.3) is 0 Å². The molecule has 14 heteroatoms. The Morgan fingerprint density at radius 2 is 1.05 bits per heavy atom. The molecule has 0 radical (unpaired) electrons. The highest BCUT2D eigenvalue weighted by Gasteiger charge is 2.87. The van der Waals surface area contributed by atoms with E-state index in [4.69, 9.17) is 0 Å². The first kappa shape index (κ1) is 19.1. The summed E-state index contributed by atoms with van der Waals surface area (Å²) >= 11 is 0. The van der Waals surface area contributed by atoms with Crippen molar-refractivity contribution in [2.75, 3.05) is 6.67 Å². The molecule has 1 heterocycles. The molecule has 0 aromatic rings. The quantitative estimate of drug-likeness (QED) is 0.534. The monoisotopic (exact) mass is 361 g/mol. The molecule has 0 N–H and O–H groups in total. The summed E-state index contributed by atoms with van der Waals surface area (Å²) in [5.74, 6) is -18.8. The number of nitrogens with zero attached hydrogens (tertiary/aromatic N) is 1. The minimum Gasteiger partial charge on any atom is -0.244 e. The van der Waals surface area contributed by atoms with Gasteiger partial charge in [-0.2, -0.15) is 52.7 Å². The second-order valence-corrected chi connectivity index (χ2v) is 4.38. The molecule has 132 valence electrons. The van der Waals surface area contributed by atoms with E-state index in [1.54, 1.807) is 0 Å². The molecule has 0 aromatic heterocycles. The summed E-state index contributed by atoms with van der Waals surface area (Å²) in [6.07, 6.45) is -3.58. The lowest BCUT2D eigenvalue weighted by atomic mass is 9.97. The molecule has 0 spiro atoms. The maximum absolute atomic E-state index is 13.1. The summed E-state index contributed by atoms with van der Waals surface area (Å²) in [5.41, 5.74) is 0. The van der Waals surface area contributed by atoms with E-state index in [1.807, 2.05) is 0 Å². The summed E-state index contributed by atoms with van der Waals surface area (Å²) in [5, 5.41) is 0. The van der Waals surface area contributed by atoms with Gasteiger partial charge in [0.1, 0.15) is 0 Å². The van der Waals surface area contributed by atoms with Crippen molar-refractivity contribution < 1.29 is 57.1 Å². The Kier molecular flexibility index (Phi) is 3.94. The SMILES string of the molecule is FCC(F)(F)C(F)(F)N1C(F)(F)C(F)(F)CC(F)(F)C1(F)F. The van der Waals surface area contributed by atoms with Crippen molar-refractivity contribution in [3.8, 4) is 0 Å². The van der Waals surface area contributed by atoms with Crippen molar-refractivity contribution >= 4 is 0 Å². The Labute approximate surface area is 112 Å². The fraction of sp³-hybridized carbons (Fsp3) is 1.00. The number of rotatable bonds is 3. The summed E-state index contributed by atoms with van der Waals surface area (Å²) < 4.78 is 167. The number of hydrogen-bond acceptors (Lipinski definition) is 1. The van der Waals surface area contributed by atoms with Gasteiger partial charge < -0.3 is 0 Å². The topological polar surface area (TPSA) is 3.24 Å². The van der Waals surface area contributed by atoms with E-state index in [-0.39, 0.29) is 0 Å². The van der Waals surface area contributed by atoms with Gasteiger partial charge in [-0.05, 0) is 0 Å². The number of alkyl halides is 13. The molecule has 0 aromatic carbocycles. The lowest BCUT2D eigenvalue weighted by Crippen LogP contribution is -2.79. The van der Waals surface area contributed by atoms with Gasteiger partial charge in [-0.15, -0.1) is 4.90 Å². The molecule has 1 nitrogen and oxygen atoms in total. The van der Waals surface area contributed by atoms with Gasteiger partial charge in [0.05, 0.1) is 6.42 Å². The molecular formula is C8H4F13N. The molecule has 0 saturated carbocycles. The van der Waals surface area contributed by atoms with E-state index < -0.39 is 53.9 Å². The third-order valence-electron chi connectivity index (χ3n) is 2.77. The molecule has 0 aliphatic carbocycles. The Hall–Kier alpha value is -0.950. The zero-order chi connectivity index (χ0) is 18.0. The molecule has 0 unspecified atom stereocenters. The lowest BCUT2D eigenvalue weighted by Gasteiger charge is -2.51. The van der Waals surface area contributed by atoms with Crippen LogP contribution in [0.25, 0.3) is 0 Å². The van der Waals surface area contributed by atoms with Gasteiger partial charge in [0.2, 0.25) is 0 Å². The standard InChI is InChI=1S/C8H4F13N/c9-2-5(14,15)8(20,21)22-6(16,17)3(10,11)1-4(12,13)7(22,18)19/h1-2H2. The number of likely N-dealkylation sites (tertiary alicyclic amines) is 1. The average molecular weight is 361 g/mol. The minimum atomic E-state index is -7.04. The summed E-state index contributed by atoms with van der Waals surface area (Å²) in [6, 6.07) is -20.7. The van der Waals surface area contributed by atoms with Gasteiger partial charge >= 0.3 is 35.9 Å². The molecule has 22 heavy (non-hydrogen) atoms. The highest BCUT2D eigenvalue weighted by Crippen LogP contribution is 2.61. The van der Waals surface area contributed by atoms with Crippen LogP contribution >= 0.6 is 0 Å². The Bertz CT molecular complexity index is 415. The van der Waals surface area contributed by atoms with Gasteiger partial charge in [-0.25, -0.2) is 4.39 Å². The zero-order valence-corrected chi connectivity index (χ0v) is 9.77. The summed E-state index contributed by atoms with van der Waals surface area (Å²) in [4.78, 5) is -3.62. The van der Waals surface area contributed by atoms with E-state index >= 15 is 0 Å². The van der Waals surface area contributed by atoms with Crippen molar-refractivity contribution in [1.82, 2.24) is 4.90 Å². The fourth-order valence-electron chi connectivity index (χ4n) is 1.59. The maximum atomic E-state index is 13.1. The van der Waals surface area contributed by atoms with Crippen LogP contribution in [0, 0.1) is 0 Å². The molecule has 1 fully saturated rings. The van der Waals surface area contributed by atoms with E-state index in [9.17, 15) is 57.1 Å². The van der Waals surface area contributed by atoms with Crippen LogP contribution in [0.2, 0.25) is 0 Å². The number of halogens is 13. The predicted octanol–water partition coefficient (Wildman–Crippen LogP) is 4.35. The summed E-state index contributed by atoms with van der Waals surface area (Å²) in [6.45, 7) is -3.54. The van der Waals surface area contributed by atoms with Crippen LogP contribution in [0.1, 0.15) is 6.42 Å². The average Bonchev–Trinajstić information content (AvgIpc) is 2.24. The molecule has 0 bridgehead atoms. The fourth-order valence-corrected chi connectivity index (χ4v) is 1.59. The van der Waals surface area contributed by atoms with Crippen LogP contribution in [0.5, 0.6) is 0 Å². The minimum absolute atomic E-state index is 3.54. The predicted molar refractivity (Wildman–Crippen MR) is 42.1 cm³/mol. The van der Waals surface area contributed by atoms with E-state index in [0.29, 0.717) is 0 Å². The number of hydrogen-bond donors (Lipinski definition) is 0. The first-order valence-electron chi connectivity index (χ1n) is 5.02. The first-order chi connectivity index (χ1) is 9.38. The van der Waals surface area contributed by atoms with Crippen molar-refractivity contribution in [3.63, 3.8) is 0 Å². The molecule has 0 amide bonds. The van der Waals surface area contributed by atoms with Gasteiger partial charge in [0, 0.05) is 0 Å². The maximum Gasteiger partial charge on any atom is 0.379 e. The van der Waals surface area contributed by atoms with Crippen molar-refractivity contribution in [1.29, 1.82) is 0 Å². The molecule has 1 aliphatic heterocycles. The first-order valence-corrected chi connectivity index (χ1v) is 5.02. The van der Waals surface area contributed by atoms with Gasteiger partial charge in [-0.3, -0.25) is 0 Å². The van der Waals surface area contributed by atoms with E-state index in [2.05, 4.69) is 0 Å². The second kappa shape index (κ2) is 4.54. The molecule has 0 atom stereocenters. The molecule has 1 saturated heterocycles. The van der Waals surface area contributed by atoms with Gasteiger partial charge in [-0.1, -0.05) is 0 Å². The van der Waals surface area contributed by atoms with E-state index in [1.165, 1.54) is 0 Å². The van der Waals surface area contributed by atoms with Crippen molar-refractivity contribution in [2.24, 2.45) is 0 Å². The number of piperidine rings is 1. The van der Waals surface area contributed by atoms with Crippen LogP contribution < -0.4 is 0 Å². The highest BCUT2D eigenvalue weighted by atomic mass is 19.4. The summed E-state index contributed by atoms with van der Waals surface area (Å²) in [7, 11) is 0. The Morgan fingerprint density at radius 3 is 1.32 bits per heavy atom. The van der Waals surface area contributed by atoms with Crippen molar-refractivity contribution in [2.45, 2.75) is 42.3 Å². The highest BCUT2D eigenvalue weighted by molar-refractivity contribution is 5.07. The third kappa shape index (κ3) is 2.21. The van der Waals surface area contributed by atoms with Crippen LogP contribution in [0.15, 0.2) is 0 Å². The lowest BCUT2D eigenvalue weighted by molar-refractivity contribution is -0.502. The Morgan fingerprint density at radius 1 is 0.727 bits per heavy atom. The van der Waals surface area contributed by atoms with Gasteiger partial charge in [0.15, 0.2) is 6.67 Å². The molecule has 1 aliphatic rings. The third-order valence-corrected chi connectivity index (χ3v) is 2.77. The van der Waals surface area contributed by atoms with Crippen molar-refractivity contribution in [3.05, 3.63) is 0 Å². The Balaban J connectivity index is 3.64. The van der Waals surface area contributed by atoms with E-state index in [0.717, 1.165) is 0 Å².